The van der Waals surface area contributed by atoms with Crippen molar-refractivity contribution in [1.82, 2.24) is 15.2 Å². The number of carbonyl (C=O) groups is 1. The molecule has 4 aromatic rings. The number of aliphatic hydroxyl groups excluding tert-OH is 2. The number of benzene rings is 3. The fourth-order valence-corrected chi connectivity index (χ4v) is 6.33. The molecule has 0 radical (unpaired) electrons. The maximum atomic E-state index is 11.8. The van der Waals surface area contributed by atoms with E-state index in [9.17, 15) is 25.4 Å². The van der Waals surface area contributed by atoms with Gasteiger partial charge in [-0.25, -0.2) is 0 Å². The highest BCUT2D eigenvalue weighted by atomic mass is 35.5. The quantitative estimate of drug-likeness (QED) is 0.0946. The summed E-state index contributed by atoms with van der Waals surface area (Å²) in [6.45, 7) is 6.01. The third-order valence-corrected chi connectivity index (χ3v) is 9.57. The van der Waals surface area contributed by atoms with Crippen molar-refractivity contribution in [2.24, 2.45) is 0 Å². The zero-order valence-corrected chi connectivity index (χ0v) is 30.9. The van der Waals surface area contributed by atoms with Crippen LogP contribution >= 0.6 is 11.6 Å². The molecule has 5 rings (SSSR count). The molecule has 280 valence electrons. The van der Waals surface area contributed by atoms with E-state index >= 15 is 0 Å². The lowest BCUT2D eigenvalue weighted by atomic mass is 9.97. The van der Waals surface area contributed by atoms with E-state index < -0.39 is 18.1 Å². The summed E-state index contributed by atoms with van der Waals surface area (Å²) in [7, 11) is 1.61. The number of carboxylic acids is 1. The minimum atomic E-state index is -1.60. The van der Waals surface area contributed by atoms with Gasteiger partial charge in [-0.05, 0) is 56.0 Å². The number of aliphatic hydroxyl groups is 2. The summed E-state index contributed by atoms with van der Waals surface area (Å²) >= 11 is 6.73. The van der Waals surface area contributed by atoms with Crippen molar-refractivity contribution >= 4 is 17.6 Å². The highest BCUT2D eigenvalue weighted by molar-refractivity contribution is 6.32. The molecule has 1 aromatic heterocycles. The largest absolute Gasteiger partial charge is 0.496 e. The summed E-state index contributed by atoms with van der Waals surface area (Å²) in [6, 6.07) is 18.8. The number of nitrogens with zero attached hydrogens (tertiary/aromatic N) is 3. The number of aliphatic carboxylic acids is 1. The number of likely N-dealkylation sites (tertiary alicyclic amines) is 1. The molecule has 0 aliphatic carbocycles. The number of β-amino-alcohol motifs (C(OH)–C–C–N with tert-alkyl or cyclic N) is 1. The first-order valence-electron chi connectivity index (χ1n) is 17.4. The van der Waals surface area contributed by atoms with Crippen molar-refractivity contribution in [2.45, 2.75) is 58.1 Å². The van der Waals surface area contributed by atoms with Crippen LogP contribution in [0.4, 0.5) is 0 Å². The Labute approximate surface area is 314 Å². The van der Waals surface area contributed by atoms with Gasteiger partial charge < -0.3 is 39.2 Å². The Balaban J connectivity index is 1.34. The minimum absolute atomic E-state index is 0.00968. The molecule has 0 saturated carbocycles. The molecule has 1 aliphatic heterocycles. The standard InChI is InChI=1S/C40H45ClN4O8/c1-26-32(8-5-10-35(26)51-14-6-12-45-13-11-31(47)22-45)33-9-4-7-29(38(33)50-3)24-53-37-17-36(52-23-28-15-27(18-42)19-43-20-28)30(16-34(37)41)21-44-40(2,25-46)39(48)49/h4-5,7-10,15-17,19-20,31,44,46-47H,6,11-14,21-25H2,1-3H3,(H,48,49)/t31-,40?/m1/s1. The summed E-state index contributed by atoms with van der Waals surface area (Å²) in [6.07, 6.45) is 4.48. The Morgan fingerprint density at radius 2 is 1.83 bits per heavy atom. The van der Waals surface area contributed by atoms with Crippen LogP contribution in [0.25, 0.3) is 11.1 Å². The molecule has 2 heterocycles. The first-order chi connectivity index (χ1) is 25.5. The zero-order valence-electron chi connectivity index (χ0n) is 30.1. The van der Waals surface area contributed by atoms with E-state index in [2.05, 4.69) is 21.3 Å². The highest BCUT2D eigenvalue weighted by Gasteiger charge is 2.32. The third kappa shape index (κ3) is 9.95. The normalized spacial score (nSPS) is 15.4. The predicted molar refractivity (Wildman–Crippen MR) is 199 cm³/mol. The van der Waals surface area contributed by atoms with Crippen LogP contribution < -0.4 is 24.3 Å². The number of nitriles is 1. The van der Waals surface area contributed by atoms with E-state index in [4.69, 9.17) is 30.5 Å². The van der Waals surface area contributed by atoms with Crippen molar-refractivity contribution in [3.05, 3.63) is 99.8 Å². The Kier molecular flexibility index (Phi) is 13.5. The SMILES string of the molecule is COc1c(COc2cc(OCc3cncc(C#N)c3)c(CNC(C)(CO)C(=O)O)cc2Cl)cccc1-c1cccc(OCCCN2CC[C@@H](O)C2)c1C. The molecule has 4 N–H and O–H groups in total. The van der Waals surface area contributed by atoms with E-state index in [0.717, 1.165) is 60.5 Å². The van der Waals surface area contributed by atoms with E-state index in [1.54, 1.807) is 31.5 Å². The number of para-hydroxylation sites is 1. The maximum Gasteiger partial charge on any atom is 0.326 e. The van der Waals surface area contributed by atoms with Gasteiger partial charge in [0.1, 0.15) is 47.8 Å². The minimum Gasteiger partial charge on any atom is -0.496 e. The lowest BCUT2D eigenvalue weighted by molar-refractivity contribution is -0.145. The summed E-state index contributed by atoms with van der Waals surface area (Å²) in [5, 5.41) is 41.6. The molecule has 12 nitrogen and oxygen atoms in total. The lowest BCUT2D eigenvalue weighted by Crippen LogP contribution is -2.52. The molecule has 53 heavy (non-hydrogen) atoms. The molecule has 13 heteroatoms. The first-order valence-corrected chi connectivity index (χ1v) is 17.7. The molecule has 0 bridgehead atoms. The lowest BCUT2D eigenvalue weighted by Gasteiger charge is -2.25. The number of ether oxygens (including phenoxy) is 4. The van der Waals surface area contributed by atoms with Crippen LogP contribution in [0, 0.1) is 18.3 Å². The van der Waals surface area contributed by atoms with Crippen molar-refractivity contribution in [2.75, 3.05) is 40.0 Å². The second-order valence-corrected chi connectivity index (χ2v) is 13.6. The summed E-state index contributed by atoms with van der Waals surface area (Å²) in [4.78, 5) is 18.2. The van der Waals surface area contributed by atoms with Crippen molar-refractivity contribution in [3.8, 4) is 40.2 Å². The molecule has 0 spiro atoms. The number of hydrogen-bond acceptors (Lipinski definition) is 11. The van der Waals surface area contributed by atoms with Gasteiger partial charge in [-0.3, -0.25) is 15.1 Å². The number of pyridine rings is 1. The Morgan fingerprint density at radius 3 is 2.55 bits per heavy atom. The van der Waals surface area contributed by atoms with E-state index in [0.29, 0.717) is 40.5 Å². The Bertz CT molecular complexity index is 1940. The fourth-order valence-electron chi connectivity index (χ4n) is 6.09. The van der Waals surface area contributed by atoms with Crippen LogP contribution in [-0.2, 0) is 24.6 Å². The first kappa shape index (κ1) is 39.3. The van der Waals surface area contributed by atoms with Crippen LogP contribution in [0.1, 0.15) is 47.6 Å². The van der Waals surface area contributed by atoms with Crippen LogP contribution in [0.5, 0.6) is 23.0 Å². The van der Waals surface area contributed by atoms with Crippen molar-refractivity contribution in [1.29, 1.82) is 5.26 Å². The average molecular weight is 745 g/mol. The van der Waals surface area contributed by atoms with Gasteiger partial charge in [0.2, 0.25) is 0 Å². The third-order valence-electron chi connectivity index (χ3n) is 9.27. The topological polar surface area (TPSA) is 167 Å². The molecule has 1 unspecified atom stereocenters. The van der Waals surface area contributed by atoms with Crippen LogP contribution in [0.2, 0.25) is 5.02 Å². The zero-order chi connectivity index (χ0) is 38.0. The Morgan fingerprint density at radius 1 is 1.06 bits per heavy atom. The predicted octanol–water partition coefficient (Wildman–Crippen LogP) is 5.51. The van der Waals surface area contributed by atoms with Gasteiger partial charge in [-0.15, -0.1) is 0 Å². The number of halogens is 1. The number of hydrogen-bond donors (Lipinski definition) is 4. The van der Waals surface area contributed by atoms with Crippen LogP contribution in [-0.4, -0.2) is 82.8 Å². The molecule has 3 aromatic carbocycles. The average Bonchev–Trinajstić information content (AvgIpc) is 3.59. The van der Waals surface area contributed by atoms with Gasteiger partial charge in [-0.2, -0.15) is 5.26 Å². The molecule has 2 atom stereocenters. The number of nitrogens with one attached hydrogen (secondary N) is 1. The summed E-state index contributed by atoms with van der Waals surface area (Å²) in [5.41, 5.74) is 3.54. The molecule has 1 aliphatic rings. The second-order valence-electron chi connectivity index (χ2n) is 13.2. The second kappa shape index (κ2) is 18.2. The van der Waals surface area contributed by atoms with Gasteiger partial charge >= 0.3 is 5.97 Å². The van der Waals surface area contributed by atoms with Gasteiger partial charge in [0.15, 0.2) is 0 Å². The molecular formula is C40H45ClN4O8. The van der Waals surface area contributed by atoms with E-state index in [1.165, 1.54) is 13.1 Å². The van der Waals surface area contributed by atoms with Gasteiger partial charge in [0, 0.05) is 66.9 Å². The molecular weight excluding hydrogens is 700 g/mol. The van der Waals surface area contributed by atoms with E-state index in [-0.39, 0.29) is 30.9 Å². The monoisotopic (exact) mass is 744 g/mol. The number of aromatic nitrogens is 1. The van der Waals surface area contributed by atoms with Crippen LogP contribution in [0.3, 0.4) is 0 Å². The van der Waals surface area contributed by atoms with Crippen LogP contribution in [0.15, 0.2) is 67.0 Å². The van der Waals surface area contributed by atoms with Gasteiger partial charge in [-0.1, -0.05) is 41.9 Å². The Hall–Kier alpha value is -4.90. The molecule has 1 saturated heterocycles. The van der Waals surface area contributed by atoms with E-state index in [1.807, 2.05) is 43.3 Å². The number of rotatable bonds is 18. The number of carboxylic acid groups (broad SMARTS) is 1. The smallest absolute Gasteiger partial charge is 0.326 e. The van der Waals surface area contributed by atoms with Gasteiger partial charge in [0.05, 0.1) is 37.0 Å². The van der Waals surface area contributed by atoms with Crippen molar-refractivity contribution in [3.63, 3.8) is 0 Å². The van der Waals surface area contributed by atoms with Gasteiger partial charge in [0.25, 0.3) is 0 Å². The fraction of sp³-hybridized carbons (Fsp3) is 0.375. The number of methoxy groups -OCH3 is 1. The van der Waals surface area contributed by atoms with Crippen molar-refractivity contribution < 1.29 is 39.1 Å². The maximum absolute atomic E-state index is 11.8. The highest BCUT2D eigenvalue weighted by Crippen LogP contribution is 2.39. The molecule has 1 fully saturated rings. The molecule has 0 amide bonds. The summed E-state index contributed by atoms with van der Waals surface area (Å²) < 4.78 is 24.6. The summed E-state index contributed by atoms with van der Waals surface area (Å²) in [5.74, 6) is 0.889.